The summed E-state index contributed by atoms with van der Waals surface area (Å²) in [5, 5.41) is 2.89. The van der Waals surface area contributed by atoms with Gasteiger partial charge in [-0.1, -0.05) is 37.1 Å². The number of nitrogens with one attached hydrogen (secondary N) is 2. The molecule has 0 spiro atoms. The molecule has 2 aromatic carbocycles. The Kier molecular flexibility index (Phi) is 5.85. The van der Waals surface area contributed by atoms with Gasteiger partial charge in [-0.3, -0.25) is 9.52 Å². The Hall–Kier alpha value is -2.05. The molecule has 2 N–H and O–H groups in total. The van der Waals surface area contributed by atoms with Crippen molar-refractivity contribution in [2.75, 3.05) is 10.0 Å². The van der Waals surface area contributed by atoms with Crippen LogP contribution in [0.2, 0.25) is 5.02 Å². The molecule has 0 aliphatic carbocycles. The van der Waals surface area contributed by atoms with E-state index >= 15 is 0 Å². The molecule has 128 valence electrons. The lowest BCUT2D eigenvalue weighted by Crippen LogP contribution is -2.13. The molecule has 0 fully saturated rings. The topological polar surface area (TPSA) is 75.3 Å². The number of benzene rings is 2. The largest absolute Gasteiger partial charge is 0.325 e. The van der Waals surface area contributed by atoms with Gasteiger partial charge in [0.1, 0.15) is 0 Å². The summed E-state index contributed by atoms with van der Waals surface area (Å²) in [6, 6.07) is 11.3. The number of anilines is 2. The van der Waals surface area contributed by atoms with Gasteiger partial charge in [0.05, 0.1) is 21.3 Å². The van der Waals surface area contributed by atoms with Crippen molar-refractivity contribution < 1.29 is 13.2 Å². The van der Waals surface area contributed by atoms with Crippen LogP contribution in [0.15, 0.2) is 47.4 Å². The fourth-order valence-electron chi connectivity index (χ4n) is 2.21. The minimum absolute atomic E-state index is 0.179. The Balaban J connectivity index is 2.24. The number of carbonyl (C=O) groups is 1. The van der Waals surface area contributed by atoms with E-state index in [4.69, 9.17) is 11.6 Å². The minimum Gasteiger partial charge on any atom is -0.325 e. The van der Waals surface area contributed by atoms with E-state index in [-0.39, 0.29) is 10.8 Å². The first-order valence-corrected chi connectivity index (χ1v) is 9.37. The molecule has 0 atom stereocenters. The van der Waals surface area contributed by atoms with E-state index in [1.165, 1.54) is 25.1 Å². The highest BCUT2D eigenvalue weighted by molar-refractivity contribution is 7.92. The molecule has 0 heterocycles. The highest BCUT2D eigenvalue weighted by Gasteiger charge is 2.15. The van der Waals surface area contributed by atoms with E-state index in [9.17, 15) is 13.2 Å². The second-order valence-corrected chi connectivity index (χ2v) is 7.46. The van der Waals surface area contributed by atoms with E-state index in [0.717, 1.165) is 18.4 Å². The molecule has 0 unspecified atom stereocenters. The summed E-state index contributed by atoms with van der Waals surface area (Å²) in [5.74, 6) is -0.288. The zero-order valence-corrected chi connectivity index (χ0v) is 15.0. The first-order valence-electron chi connectivity index (χ1n) is 7.50. The monoisotopic (exact) mass is 366 g/mol. The van der Waals surface area contributed by atoms with Crippen LogP contribution in [-0.2, 0) is 21.2 Å². The first-order chi connectivity index (χ1) is 11.3. The number of carbonyl (C=O) groups excluding carboxylic acids is 1. The van der Waals surface area contributed by atoms with Gasteiger partial charge in [-0.2, -0.15) is 0 Å². The van der Waals surface area contributed by atoms with Crippen LogP contribution in [0.1, 0.15) is 25.8 Å². The van der Waals surface area contributed by atoms with Crippen molar-refractivity contribution in [3.63, 3.8) is 0 Å². The Morgan fingerprint density at radius 3 is 2.38 bits per heavy atom. The molecule has 0 radical (unpaired) electrons. The van der Waals surface area contributed by atoms with Gasteiger partial charge in [0, 0.05) is 6.92 Å². The number of halogens is 1. The van der Waals surface area contributed by atoms with Crippen LogP contribution in [0.3, 0.4) is 0 Å². The van der Waals surface area contributed by atoms with Crippen molar-refractivity contribution >= 4 is 38.9 Å². The molecule has 0 aromatic heterocycles. The van der Waals surface area contributed by atoms with Gasteiger partial charge in [-0.15, -0.1) is 0 Å². The van der Waals surface area contributed by atoms with Gasteiger partial charge in [0.2, 0.25) is 5.91 Å². The quantitative estimate of drug-likeness (QED) is 0.809. The zero-order valence-electron chi connectivity index (χ0n) is 13.5. The van der Waals surface area contributed by atoms with Crippen molar-refractivity contribution in [2.24, 2.45) is 0 Å². The summed E-state index contributed by atoms with van der Waals surface area (Å²) < 4.78 is 27.4. The van der Waals surface area contributed by atoms with Gasteiger partial charge >= 0.3 is 0 Å². The van der Waals surface area contributed by atoms with Crippen LogP contribution in [0.25, 0.3) is 0 Å². The van der Waals surface area contributed by atoms with Crippen molar-refractivity contribution in [1.82, 2.24) is 0 Å². The van der Waals surface area contributed by atoms with E-state index in [0.29, 0.717) is 16.4 Å². The summed E-state index contributed by atoms with van der Waals surface area (Å²) in [6.07, 6.45) is 1.91. The summed E-state index contributed by atoms with van der Waals surface area (Å²) in [5.41, 5.74) is 1.76. The summed E-state index contributed by atoms with van der Waals surface area (Å²) in [6.45, 7) is 3.42. The molecule has 7 heteroatoms. The third kappa shape index (κ3) is 4.72. The molecule has 1 amide bonds. The van der Waals surface area contributed by atoms with Crippen LogP contribution < -0.4 is 10.0 Å². The lowest BCUT2D eigenvalue weighted by Gasteiger charge is -2.11. The SMILES string of the molecule is CCCc1ccc(S(=O)(=O)Nc2ccc(Cl)c(NC(C)=O)c2)cc1. The molecular weight excluding hydrogens is 348 g/mol. The van der Waals surface area contributed by atoms with Crippen molar-refractivity contribution in [2.45, 2.75) is 31.6 Å². The maximum absolute atomic E-state index is 12.5. The second kappa shape index (κ2) is 7.68. The highest BCUT2D eigenvalue weighted by atomic mass is 35.5. The fourth-order valence-corrected chi connectivity index (χ4v) is 3.43. The van der Waals surface area contributed by atoms with Gasteiger partial charge < -0.3 is 5.32 Å². The predicted molar refractivity (Wildman–Crippen MR) is 97.0 cm³/mol. The Bertz CT molecular complexity index is 833. The van der Waals surface area contributed by atoms with E-state index in [2.05, 4.69) is 17.0 Å². The molecular formula is C17H19ClN2O3S. The predicted octanol–water partition coefficient (Wildman–Crippen LogP) is 4.05. The average molecular weight is 367 g/mol. The van der Waals surface area contributed by atoms with Crippen LogP contribution in [-0.4, -0.2) is 14.3 Å². The number of amides is 1. The summed E-state index contributed by atoms with van der Waals surface area (Å²) in [4.78, 5) is 11.3. The highest BCUT2D eigenvalue weighted by Crippen LogP contribution is 2.27. The molecule has 0 aliphatic heterocycles. The minimum atomic E-state index is -3.71. The molecule has 24 heavy (non-hydrogen) atoms. The summed E-state index contributed by atoms with van der Waals surface area (Å²) in [7, 11) is -3.71. The van der Waals surface area contributed by atoms with Crippen LogP contribution >= 0.6 is 11.6 Å². The number of rotatable bonds is 6. The van der Waals surface area contributed by atoms with Crippen molar-refractivity contribution in [3.05, 3.63) is 53.1 Å². The summed E-state index contributed by atoms with van der Waals surface area (Å²) >= 11 is 5.98. The average Bonchev–Trinajstić information content (AvgIpc) is 2.51. The Morgan fingerprint density at radius 1 is 1.12 bits per heavy atom. The molecule has 2 aromatic rings. The Morgan fingerprint density at radius 2 is 1.79 bits per heavy atom. The molecule has 0 saturated carbocycles. The fraction of sp³-hybridized carbons (Fsp3) is 0.235. The molecule has 0 saturated heterocycles. The van der Waals surface area contributed by atoms with Gasteiger partial charge in [0.15, 0.2) is 0 Å². The molecule has 0 bridgehead atoms. The van der Waals surface area contributed by atoms with Gasteiger partial charge in [0.25, 0.3) is 10.0 Å². The normalized spacial score (nSPS) is 11.1. The molecule has 5 nitrogen and oxygen atoms in total. The smallest absolute Gasteiger partial charge is 0.261 e. The lowest BCUT2D eigenvalue weighted by atomic mass is 10.1. The third-order valence-electron chi connectivity index (χ3n) is 3.30. The van der Waals surface area contributed by atoms with E-state index < -0.39 is 10.0 Å². The van der Waals surface area contributed by atoms with Crippen LogP contribution in [0.5, 0.6) is 0 Å². The Labute approximate surface area is 147 Å². The number of aryl methyl sites for hydroxylation is 1. The molecule has 0 aliphatic rings. The van der Waals surface area contributed by atoms with Gasteiger partial charge in [-0.05, 0) is 42.3 Å². The standard InChI is InChI=1S/C17H19ClN2O3S/c1-3-4-13-5-8-15(9-6-13)24(22,23)20-14-7-10-16(18)17(11-14)19-12(2)21/h5-11,20H,3-4H2,1-2H3,(H,19,21). The first kappa shape index (κ1) is 18.3. The number of sulfonamides is 1. The maximum Gasteiger partial charge on any atom is 0.261 e. The number of hydrogen-bond donors (Lipinski definition) is 2. The molecule has 2 rings (SSSR count). The zero-order chi connectivity index (χ0) is 17.7. The second-order valence-electron chi connectivity index (χ2n) is 5.38. The van der Waals surface area contributed by atoms with Crippen LogP contribution in [0.4, 0.5) is 11.4 Å². The van der Waals surface area contributed by atoms with Crippen molar-refractivity contribution in [3.8, 4) is 0 Å². The van der Waals surface area contributed by atoms with Gasteiger partial charge in [-0.25, -0.2) is 8.42 Å². The van der Waals surface area contributed by atoms with E-state index in [1.54, 1.807) is 12.1 Å². The number of hydrogen-bond acceptors (Lipinski definition) is 3. The van der Waals surface area contributed by atoms with E-state index in [1.807, 2.05) is 12.1 Å². The van der Waals surface area contributed by atoms with Crippen molar-refractivity contribution in [1.29, 1.82) is 0 Å². The lowest BCUT2D eigenvalue weighted by molar-refractivity contribution is -0.114. The third-order valence-corrected chi connectivity index (χ3v) is 5.03. The van der Waals surface area contributed by atoms with Crippen LogP contribution in [0, 0.1) is 0 Å². The maximum atomic E-state index is 12.5.